The summed E-state index contributed by atoms with van der Waals surface area (Å²) in [6, 6.07) is 0. The second-order valence-corrected chi connectivity index (χ2v) is 6.27. The van der Waals surface area contributed by atoms with Crippen LogP contribution in [0.5, 0.6) is 0 Å². The average molecular weight is 387 g/mol. The molecule has 0 bridgehead atoms. The number of carbonyl (C=O) groups is 3. The summed E-state index contributed by atoms with van der Waals surface area (Å²) in [5.74, 6) is -0.824. The zero-order valence-electron chi connectivity index (χ0n) is 17.0. The van der Waals surface area contributed by atoms with Crippen molar-refractivity contribution in [1.82, 2.24) is 5.32 Å². The van der Waals surface area contributed by atoms with E-state index in [0.29, 0.717) is 13.2 Å². The molecule has 8 heteroatoms. The van der Waals surface area contributed by atoms with E-state index in [-0.39, 0.29) is 25.3 Å². The summed E-state index contributed by atoms with van der Waals surface area (Å²) >= 11 is 0. The van der Waals surface area contributed by atoms with Crippen LogP contribution in [0.15, 0.2) is 25.3 Å². The number of amides is 1. The summed E-state index contributed by atoms with van der Waals surface area (Å²) in [6.07, 6.45) is 2.63. The van der Waals surface area contributed by atoms with E-state index in [4.69, 9.17) is 18.9 Å². The van der Waals surface area contributed by atoms with Gasteiger partial charge < -0.3 is 24.3 Å². The smallest absolute Gasteiger partial charge is 0.407 e. The van der Waals surface area contributed by atoms with E-state index in [1.165, 1.54) is 6.08 Å². The first kappa shape index (κ1) is 26.9. The van der Waals surface area contributed by atoms with Gasteiger partial charge in [-0.15, -0.1) is 0 Å². The maximum absolute atomic E-state index is 11.2. The van der Waals surface area contributed by atoms with Crippen molar-refractivity contribution in [2.24, 2.45) is 0 Å². The molecule has 0 aromatic heterocycles. The zero-order chi connectivity index (χ0) is 21.3. The maximum Gasteiger partial charge on any atom is 0.407 e. The van der Waals surface area contributed by atoms with Crippen LogP contribution >= 0.6 is 0 Å². The monoisotopic (exact) mass is 387 g/mol. The highest BCUT2D eigenvalue weighted by Crippen LogP contribution is 2.06. The molecule has 156 valence electrons. The number of nitrogens with one attached hydrogen (secondary N) is 1. The van der Waals surface area contributed by atoms with Crippen LogP contribution < -0.4 is 5.32 Å². The SMILES string of the molecule is C=CC(=O)OC(C)CC.C=CC(=O)OCCOCCNC(=O)OC(C)(C)C. The molecule has 0 radical (unpaired) electrons. The first-order valence-electron chi connectivity index (χ1n) is 8.72. The molecule has 1 atom stereocenters. The van der Waals surface area contributed by atoms with Gasteiger partial charge in [0.2, 0.25) is 0 Å². The van der Waals surface area contributed by atoms with Gasteiger partial charge in [-0.1, -0.05) is 20.1 Å². The van der Waals surface area contributed by atoms with E-state index in [1.807, 2.05) is 13.8 Å². The maximum atomic E-state index is 11.2. The molecule has 1 amide bonds. The predicted octanol–water partition coefficient (Wildman–Crippen LogP) is 2.77. The molecule has 0 aromatic rings. The lowest BCUT2D eigenvalue weighted by Crippen LogP contribution is -2.34. The summed E-state index contributed by atoms with van der Waals surface area (Å²) in [5.41, 5.74) is -0.510. The summed E-state index contributed by atoms with van der Waals surface area (Å²) in [6.45, 7) is 16.8. The third-order valence-electron chi connectivity index (χ3n) is 2.61. The van der Waals surface area contributed by atoms with Gasteiger partial charge in [-0.3, -0.25) is 0 Å². The van der Waals surface area contributed by atoms with Gasteiger partial charge in [0.05, 0.1) is 19.3 Å². The molecular weight excluding hydrogens is 354 g/mol. The van der Waals surface area contributed by atoms with Crippen LogP contribution in [0.3, 0.4) is 0 Å². The molecule has 8 nitrogen and oxygen atoms in total. The van der Waals surface area contributed by atoms with Gasteiger partial charge in [-0.2, -0.15) is 0 Å². The van der Waals surface area contributed by atoms with E-state index >= 15 is 0 Å². The molecule has 1 unspecified atom stereocenters. The third-order valence-corrected chi connectivity index (χ3v) is 2.61. The van der Waals surface area contributed by atoms with Crippen LogP contribution in [0, 0.1) is 0 Å². The molecule has 0 aromatic carbocycles. The summed E-state index contributed by atoms with van der Waals surface area (Å²) in [5, 5.41) is 2.54. The van der Waals surface area contributed by atoms with E-state index < -0.39 is 17.7 Å². The Bertz CT molecular complexity index is 469. The van der Waals surface area contributed by atoms with Crippen molar-refractivity contribution in [3.05, 3.63) is 25.3 Å². The van der Waals surface area contributed by atoms with Crippen molar-refractivity contribution < 1.29 is 33.3 Å². The number of alkyl carbamates (subject to hydrolysis) is 1. The molecule has 0 aliphatic rings. The Morgan fingerprint density at radius 3 is 2.11 bits per heavy atom. The lowest BCUT2D eigenvalue weighted by Gasteiger charge is -2.19. The molecule has 0 fully saturated rings. The van der Waals surface area contributed by atoms with Gasteiger partial charge in [0.1, 0.15) is 12.2 Å². The fraction of sp³-hybridized carbons (Fsp3) is 0.632. The molecule has 27 heavy (non-hydrogen) atoms. The van der Waals surface area contributed by atoms with Crippen molar-refractivity contribution in [1.29, 1.82) is 0 Å². The molecule has 0 aliphatic heterocycles. The lowest BCUT2D eigenvalue weighted by atomic mass is 10.2. The Labute approximate surface area is 161 Å². The van der Waals surface area contributed by atoms with Gasteiger partial charge in [0, 0.05) is 18.7 Å². The first-order chi connectivity index (χ1) is 12.6. The van der Waals surface area contributed by atoms with Crippen LogP contribution in [0.2, 0.25) is 0 Å². The standard InChI is InChI=1S/C12H21NO5.C7H12O2/c1-5-10(14)17-9-8-16-7-6-13-11(15)18-12(2,3)4;1-4-6(3)9-7(8)5-2/h5H,1,6-9H2,2-4H3,(H,13,15);5-6H,2,4H2,1,3H3. The summed E-state index contributed by atoms with van der Waals surface area (Å²) in [7, 11) is 0. The molecule has 0 aliphatic carbocycles. The third kappa shape index (κ3) is 21.6. The Hall–Kier alpha value is -2.35. The largest absolute Gasteiger partial charge is 0.460 e. The highest BCUT2D eigenvalue weighted by Gasteiger charge is 2.15. The minimum absolute atomic E-state index is 0.00972. The Morgan fingerprint density at radius 2 is 1.63 bits per heavy atom. The van der Waals surface area contributed by atoms with Crippen molar-refractivity contribution in [3.8, 4) is 0 Å². The highest BCUT2D eigenvalue weighted by atomic mass is 16.6. The summed E-state index contributed by atoms with van der Waals surface area (Å²) < 4.78 is 19.6. The van der Waals surface area contributed by atoms with Crippen molar-refractivity contribution in [2.75, 3.05) is 26.4 Å². The Kier molecular flexibility index (Phi) is 15.8. The zero-order valence-corrected chi connectivity index (χ0v) is 17.0. The average Bonchev–Trinajstić information content (AvgIpc) is 2.59. The highest BCUT2D eigenvalue weighted by molar-refractivity contribution is 5.81. The lowest BCUT2D eigenvalue weighted by molar-refractivity contribution is -0.142. The van der Waals surface area contributed by atoms with Crippen LogP contribution in [-0.4, -0.2) is 56.1 Å². The molecule has 0 saturated heterocycles. The number of hydrogen-bond acceptors (Lipinski definition) is 7. The number of ether oxygens (including phenoxy) is 4. The van der Waals surface area contributed by atoms with E-state index in [2.05, 4.69) is 18.5 Å². The number of rotatable bonds is 10. The molecule has 0 saturated carbocycles. The van der Waals surface area contributed by atoms with Crippen molar-refractivity contribution in [3.63, 3.8) is 0 Å². The van der Waals surface area contributed by atoms with Gasteiger partial charge in [0.15, 0.2) is 0 Å². The summed E-state index contributed by atoms with van der Waals surface area (Å²) in [4.78, 5) is 32.3. The number of hydrogen-bond donors (Lipinski definition) is 1. The van der Waals surface area contributed by atoms with Gasteiger partial charge in [0.25, 0.3) is 0 Å². The van der Waals surface area contributed by atoms with E-state index in [0.717, 1.165) is 12.5 Å². The Balaban J connectivity index is 0. The topological polar surface area (TPSA) is 100 Å². The van der Waals surface area contributed by atoms with Crippen LogP contribution in [0.1, 0.15) is 41.0 Å². The quantitative estimate of drug-likeness (QED) is 0.266. The second kappa shape index (κ2) is 15.9. The van der Waals surface area contributed by atoms with Crippen LogP contribution in [0.4, 0.5) is 4.79 Å². The van der Waals surface area contributed by atoms with Gasteiger partial charge in [-0.25, -0.2) is 14.4 Å². The van der Waals surface area contributed by atoms with Crippen LogP contribution in [0.25, 0.3) is 0 Å². The van der Waals surface area contributed by atoms with Gasteiger partial charge in [-0.05, 0) is 34.1 Å². The molecule has 0 rings (SSSR count). The number of esters is 2. The predicted molar refractivity (Wildman–Crippen MR) is 102 cm³/mol. The van der Waals surface area contributed by atoms with Crippen LogP contribution in [-0.2, 0) is 28.5 Å². The van der Waals surface area contributed by atoms with Crippen molar-refractivity contribution in [2.45, 2.75) is 52.7 Å². The molecule has 0 heterocycles. The minimum Gasteiger partial charge on any atom is -0.460 e. The Morgan fingerprint density at radius 1 is 1.04 bits per heavy atom. The molecule has 1 N–H and O–H groups in total. The van der Waals surface area contributed by atoms with Gasteiger partial charge >= 0.3 is 18.0 Å². The fourth-order valence-corrected chi connectivity index (χ4v) is 1.23. The van der Waals surface area contributed by atoms with E-state index in [1.54, 1.807) is 20.8 Å². The molecular formula is C19H33NO7. The second-order valence-electron chi connectivity index (χ2n) is 6.27. The van der Waals surface area contributed by atoms with Crippen molar-refractivity contribution >= 4 is 18.0 Å². The molecule has 0 spiro atoms. The normalized spacial score (nSPS) is 11.1. The minimum atomic E-state index is -0.510. The number of carbonyl (C=O) groups excluding carboxylic acids is 3. The fourth-order valence-electron chi connectivity index (χ4n) is 1.23. The first-order valence-corrected chi connectivity index (χ1v) is 8.72. The van der Waals surface area contributed by atoms with E-state index in [9.17, 15) is 14.4 Å².